The van der Waals surface area contributed by atoms with E-state index in [-0.39, 0.29) is 49.5 Å². The fraction of sp³-hybridized carbons (Fsp3) is 0.375. The van der Waals surface area contributed by atoms with Crippen LogP contribution in [-0.4, -0.2) is 10.2 Å². The number of phenolic OH excluding ortho intramolecular Hbond substituents is 2. The normalized spacial score (nSPS) is 22.9. The monoisotopic (exact) mass is 576 g/mol. The Labute approximate surface area is 236 Å². The smallest absolute Gasteiger partial charge is 0.168 e. The number of aromatic hydroxyl groups is 2. The van der Waals surface area contributed by atoms with E-state index in [0.29, 0.717) is 11.1 Å². The van der Waals surface area contributed by atoms with Crippen LogP contribution in [0.5, 0.6) is 11.5 Å². The summed E-state index contributed by atoms with van der Waals surface area (Å²) in [6, 6.07) is 9.87. The fourth-order valence-corrected chi connectivity index (χ4v) is 6.97. The molecule has 0 aromatic heterocycles. The minimum absolute atomic E-state index is 0. The fourth-order valence-electron chi connectivity index (χ4n) is 6.97. The van der Waals surface area contributed by atoms with E-state index in [1.165, 1.54) is 45.6 Å². The van der Waals surface area contributed by atoms with Crippen molar-refractivity contribution in [1.29, 1.82) is 0 Å². The molecule has 0 spiro atoms. The third kappa shape index (κ3) is 4.73. The third-order valence-corrected chi connectivity index (χ3v) is 8.61. The van der Waals surface area contributed by atoms with Crippen LogP contribution in [0.25, 0.3) is 0 Å². The number of hydrogen-bond acceptors (Lipinski definition) is 2. The number of phenols is 2. The Kier molecular flexibility index (Phi) is 7.73. The maximum absolute atomic E-state index is 15.1. The van der Waals surface area contributed by atoms with Crippen LogP contribution in [-0.2, 0) is 26.2 Å². The molecule has 4 aliphatic rings. The van der Waals surface area contributed by atoms with Gasteiger partial charge in [-0.05, 0) is 87.5 Å². The van der Waals surface area contributed by atoms with Gasteiger partial charge in [-0.3, -0.25) is 0 Å². The molecule has 6 rings (SSSR count). The summed E-state index contributed by atoms with van der Waals surface area (Å²) in [7, 11) is 0. The zero-order valence-corrected chi connectivity index (χ0v) is 23.5. The summed E-state index contributed by atoms with van der Waals surface area (Å²) < 4.78 is 30.2. The molecule has 190 valence electrons. The Balaban J connectivity index is 0.00000280. The van der Waals surface area contributed by atoms with Gasteiger partial charge in [0.25, 0.3) is 0 Å². The van der Waals surface area contributed by atoms with Crippen LogP contribution < -0.4 is 0 Å². The van der Waals surface area contributed by atoms with Crippen molar-refractivity contribution in [3.8, 4) is 11.5 Å². The molecule has 2 unspecified atom stereocenters. The van der Waals surface area contributed by atoms with Crippen LogP contribution in [0, 0.1) is 11.6 Å². The summed E-state index contributed by atoms with van der Waals surface area (Å²) in [5.74, 6) is -1.91. The average Bonchev–Trinajstić information content (AvgIpc) is 3.44. The molecule has 0 bridgehead atoms. The van der Waals surface area contributed by atoms with Crippen molar-refractivity contribution in [2.45, 2.75) is 76.0 Å². The summed E-state index contributed by atoms with van der Waals surface area (Å²) in [5.41, 5.74) is 8.75. The Morgan fingerprint density at radius 2 is 1.03 bits per heavy atom. The molecule has 2 atom stereocenters. The van der Waals surface area contributed by atoms with Crippen molar-refractivity contribution in [3.63, 3.8) is 0 Å². The van der Waals surface area contributed by atoms with Gasteiger partial charge in [-0.25, -0.2) is 8.78 Å². The van der Waals surface area contributed by atoms with Crippen molar-refractivity contribution >= 4 is 0 Å². The van der Waals surface area contributed by atoms with Crippen LogP contribution in [0.3, 0.4) is 0 Å². The first kappa shape index (κ1) is 26.4. The number of rotatable bonds is 5. The summed E-state index contributed by atoms with van der Waals surface area (Å²) >= 11 is 0. The van der Waals surface area contributed by atoms with Gasteiger partial charge in [-0.15, -0.1) is 0 Å². The maximum atomic E-state index is 15.1. The van der Waals surface area contributed by atoms with Gasteiger partial charge in [0.15, 0.2) is 23.1 Å². The number of benzene rings is 2. The van der Waals surface area contributed by atoms with E-state index in [2.05, 4.69) is 12.2 Å². The second-order valence-corrected chi connectivity index (χ2v) is 10.7. The first-order valence-electron chi connectivity index (χ1n) is 13.3. The molecule has 37 heavy (non-hydrogen) atoms. The van der Waals surface area contributed by atoms with Crippen molar-refractivity contribution in [2.24, 2.45) is 0 Å². The van der Waals surface area contributed by atoms with Gasteiger partial charge >= 0.3 is 0 Å². The molecule has 4 aliphatic carbocycles. The minimum Gasteiger partial charge on any atom is -0.505 e. The van der Waals surface area contributed by atoms with E-state index in [1.807, 2.05) is 0 Å². The van der Waals surface area contributed by atoms with Gasteiger partial charge in [0.2, 0.25) is 0 Å². The van der Waals surface area contributed by atoms with Crippen molar-refractivity contribution in [1.82, 2.24) is 0 Å². The molecule has 2 nitrogen and oxygen atoms in total. The molecule has 0 saturated heterocycles. The largest absolute Gasteiger partial charge is 0.505 e. The molecule has 0 fully saturated rings. The quantitative estimate of drug-likeness (QED) is 0.373. The second kappa shape index (κ2) is 10.8. The third-order valence-electron chi connectivity index (χ3n) is 8.61. The predicted molar refractivity (Wildman–Crippen MR) is 138 cm³/mol. The van der Waals surface area contributed by atoms with Crippen molar-refractivity contribution in [2.75, 3.05) is 0 Å². The summed E-state index contributed by atoms with van der Waals surface area (Å²) in [5, 5.41) is 20.2. The van der Waals surface area contributed by atoms with Crippen molar-refractivity contribution < 1.29 is 45.2 Å². The Morgan fingerprint density at radius 3 is 1.46 bits per heavy atom. The molecule has 0 aliphatic heterocycles. The molecule has 2 aromatic carbocycles. The average molecular weight is 578 g/mol. The zero-order valence-electron chi connectivity index (χ0n) is 21.0. The molecular formula is C32H32F2O2Zr. The van der Waals surface area contributed by atoms with Crippen LogP contribution >= 0.6 is 0 Å². The number of hydrogen-bond donors (Lipinski definition) is 2. The number of allylic oxidation sites excluding steroid dienone is 8. The van der Waals surface area contributed by atoms with Gasteiger partial charge in [0, 0.05) is 49.2 Å². The van der Waals surface area contributed by atoms with E-state index in [9.17, 15) is 10.2 Å². The van der Waals surface area contributed by atoms with Crippen LogP contribution in [0.4, 0.5) is 8.78 Å². The van der Waals surface area contributed by atoms with E-state index in [0.717, 1.165) is 64.2 Å². The first-order valence-corrected chi connectivity index (χ1v) is 13.3. The van der Waals surface area contributed by atoms with E-state index >= 15 is 8.78 Å². The molecule has 0 radical (unpaired) electrons. The summed E-state index contributed by atoms with van der Waals surface area (Å²) in [4.78, 5) is 0. The van der Waals surface area contributed by atoms with Crippen LogP contribution in [0.2, 0.25) is 0 Å². The van der Waals surface area contributed by atoms with Gasteiger partial charge in [0.1, 0.15) is 0 Å². The van der Waals surface area contributed by atoms with Gasteiger partial charge in [-0.1, -0.05) is 58.7 Å². The first-order chi connectivity index (χ1) is 17.5. The number of halogens is 2. The standard InChI is InChI=1S/C32H32F2O2.Zr/c33-31-25(11-5-13-27(31)35)29-21(17-19-7-1-3-9-23(19)29)15-16-22-18-20-8-2-4-10-24(20)30(22)26-12-6-14-28(36)32(26)34;/h5-6,11-14,17-18,29-30,35-36H,1-4,7-10,15-16H2;. The molecule has 0 amide bonds. The molecule has 2 N–H and O–H groups in total. The molecule has 0 saturated carbocycles. The second-order valence-electron chi connectivity index (χ2n) is 10.7. The van der Waals surface area contributed by atoms with E-state index in [4.69, 9.17) is 0 Å². The Hall–Kier alpha value is -2.26. The van der Waals surface area contributed by atoms with Crippen LogP contribution in [0.15, 0.2) is 82.0 Å². The molecule has 0 heterocycles. The van der Waals surface area contributed by atoms with Gasteiger partial charge in [0.05, 0.1) is 0 Å². The maximum Gasteiger partial charge on any atom is 0.168 e. The SMILES string of the molecule is Oc1cccc(C2C(CCC3=CC4=C(CCCC4)C3c3cccc(O)c3F)=CC3=C2CCCC3)c1F.[Zr]. The molecule has 2 aromatic rings. The summed E-state index contributed by atoms with van der Waals surface area (Å²) in [6.45, 7) is 0. The summed E-state index contributed by atoms with van der Waals surface area (Å²) in [6.07, 6.45) is 14.6. The van der Waals surface area contributed by atoms with E-state index < -0.39 is 11.6 Å². The predicted octanol–water partition coefficient (Wildman–Crippen LogP) is 8.64. The zero-order chi connectivity index (χ0) is 24.8. The van der Waals surface area contributed by atoms with Crippen LogP contribution in [0.1, 0.15) is 87.2 Å². The minimum atomic E-state index is -0.523. The van der Waals surface area contributed by atoms with E-state index in [1.54, 1.807) is 24.3 Å². The topological polar surface area (TPSA) is 40.5 Å². The van der Waals surface area contributed by atoms with Gasteiger partial charge in [-0.2, -0.15) is 0 Å². The Morgan fingerprint density at radius 1 is 0.622 bits per heavy atom. The van der Waals surface area contributed by atoms with Crippen molar-refractivity contribution in [3.05, 3.63) is 105 Å². The Bertz CT molecular complexity index is 1250. The molecule has 5 heteroatoms. The van der Waals surface area contributed by atoms with Gasteiger partial charge < -0.3 is 10.2 Å². The molecular weight excluding hydrogens is 546 g/mol.